The summed E-state index contributed by atoms with van der Waals surface area (Å²) < 4.78 is 1.71. The number of aliphatic hydroxyl groups is 1. The van der Waals surface area contributed by atoms with Gasteiger partial charge >= 0.3 is 0 Å². The standard InChI is InChI=1S/C19H20N2O2S2/c1-12-6-8-13(9-7-12)21-18(23)16-14-4-2-3-5-15(14)25-17(16)20-19(21)24-11-10-22/h6-9,22H,2-5,10-11H2,1H3. The minimum Gasteiger partial charge on any atom is -0.396 e. The maximum absolute atomic E-state index is 13.4. The summed E-state index contributed by atoms with van der Waals surface area (Å²) in [5.74, 6) is 0.523. The normalized spacial score (nSPS) is 14.0. The summed E-state index contributed by atoms with van der Waals surface area (Å²) in [5.41, 5.74) is 3.22. The summed E-state index contributed by atoms with van der Waals surface area (Å²) in [4.78, 5) is 20.4. The highest BCUT2D eigenvalue weighted by molar-refractivity contribution is 7.99. The van der Waals surface area contributed by atoms with Crippen LogP contribution in [0.15, 0.2) is 34.2 Å². The van der Waals surface area contributed by atoms with Crippen LogP contribution in [0.1, 0.15) is 28.8 Å². The number of thioether (sulfide) groups is 1. The minimum absolute atomic E-state index is 0.0219. The quantitative estimate of drug-likeness (QED) is 0.560. The first-order valence-corrected chi connectivity index (χ1v) is 10.4. The van der Waals surface area contributed by atoms with Gasteiger partial charge in [-0.2, -0.15) is 0 Å². The summed E-state index contributed by atoms with van der Waals surface area (Å²) >= 11 is 3.10. The Morgan fingerprint density at radius 2 is 2.00 bits per heavy atom. The van der Waals surface area contributed by atoms with Crippen molar-refractivity contribution in [3.63, 3.8) is 0 Å². The van der Waals surface area contributed by atoms with E-state index in [1.807, 2.05) is 31.2 Å². The van der Waals surface area contributed by atoms with Crippen molar-refractivity contribution in [3.8, 4) is 5.69 Å². The van der Waals surface area contributed by atoms with E-state index in [-0.39, 0.29) is 12.2 Å². The highest BCUT2D eigenvalue weighted by Crippen LogP contribution is 2.35. The van der Waals surface area contributed by atoms with Gasteiger partial charge in [-0.3, -0.25) is 9.36 Å². The van der Waals surface area contributed by atoms with Gasteiger partial charge in [-0.25, -0.2) is 4.98 Å². The average Bonchev–Trinajstić information content (AvgIpc) is 2.99. The van der Waals surface area contributed by atoms with Crippen LogP contribution < -0.4 is 5.56 Å². The number of hydrogen-bond acceptors (Lipinski definition) is 5. The van der Waals surface area contributed by atoms with Crippen molar-refractivity contribution < 1.29 is 5.11 Å². The van der Waals surface area contributed by atoms with Gasteiger partial charge in [0.25, 0.3) is 5.56 Å². The maximum Gasteiger partial charge on any atom is 0.267 e. The number of fused-ring (bicyclic) bond motifs is 3. The molecule has 0 bridgehead atoms. The molecule has 0 fully saturated rings. The summed E-state index contributed by atoms with van der Waals surface area (Å²) in [6.07, 6.45) is 4.37. The lowest BCUT2D eigenvalue weighted by Gasteiger charge is -2.13. The Kier molecular flexibility index (Phi) is 4.67. The molecule has 0 amide bonds. The Morgan fingerprint density at radius 3 is 2.76 bits per heavy atom. The van der Waals surface area contributed by atoms with Gasteiger partial charge in [0.05, 0.1) is 17.7 Å². The van der Waals surface area contributed by atoms with E-state index < -0.39 is 0 Å². The van der Waals surface area contributed by atoms with Crippen molar-refractivity contribution in [3.05, 3.63) is 50.6 Å². The van der Waals surface area contributed by atoms with Crippen LogP contribution in [0.3, 0.4) is 0 Å². The molecular weight excluding hydrogens is 352 g/mol. The van der Waals surface area contributed by atoms with Crippen LogP contribution in [0, 0.1) is 6.92 Å². The molecule has 0 saturated heterocycles. The highest BCUT2D eigenvalue weighted by Gasteiger charge is 2.22. The second-order valence-electron chi connectivity index (χ2n) is 6.33. The van der Waals surface area contributed by atoms with Crippen LogP contribution in [0.5, 0.6) is 0 Å². The van der Waals surface area contributed by atoms with E-state index in [1.165, 1.54) is 28.6 Å². The molecule has 3 aromatic rings. The summed E-state index contributed by atoms with van der Waals surface area (Å²) in [7, 11) is 0. The molecule has 2 aromatic heterocycles. The molecule has 0 spiro atoms. The number of nitrogens with zero attached hydrogens (tertiary/aromatic N) is 2. The number of aryl methyl sites for hydroxylation is 3. The van der Waals surface area contributed by atoms with E-state index in [0.29, 0.717) is 10.9 Å². The monoisotopic (exact) mass is 372 g/mol. The third kappa shape index (κ3) is 3.03. The number of rotatable bonds is 4. The third-order valence-electron chi connectivity index (χ3n) is 4.57. The zero-order valence-corrected chi connectivity index (χ0v) is 15.8. The van der Waals surface area contributed by atoms with E-state index in [1.54, 1.807) is 15.9 Å². The predicted molar refractivity (Wildman–Crippen MR) is 104 cm³/mol. The van der Waals surface area contributed by atoms with Gasteiger partial charge in [-0.15, -0.1) is 11.3 Å². The van der Waals surface area contributed by atoms with Gasteiger partial charge in [0.1, 0.15) is 4.83 Å². The van der Waals surface area contributed by atoms with Crippen LogP contribution in [0.4, 0.5) is 0 Å². The number of aromatic nitrogens is 2. The largest absolute Gasteiger partial charge is 0.396 e. The van der Waals surface area contributed by atoms with E-state index >= 15 is 0 Å². The number of thiophene rings is 1. The first kappa shape index (κ1) is 16.8. The summed E-state index contributed by atoms with van der Waals surface area (Å²) in [6.45, 7) is 2.10. The molecule has 6 heteroatoms. The lowest BCUT2D eigenvalue weighted by atomic mass is 9.97. The van der Waals surface area contributed by atoms with Crippen molar-refractivity contribution in [1.82, 2.24) is 9.55 Å². The van der Waals surface area contributed by atoms with Crippen molar-refractivity contribution in [2.45, 2.75) is 37.8 Å². The van der Waals surface area contributed by atoms with Crippen molar-refractivity contribution >= 4 is 33.3 Å². The van der Waals surface area contributed by atoms with E-state index in [2.05, 4.69) is 0 Å². The molecule has 0 aliphatic heterocycles. The molecule has 0 unspecified atom stereocenters. The van der Waals surface area contributed by atoms with Crippen LogP contribution in [-0.2, 0) is 12.8 Å². The Balaban J connectivity index is 1.98. The Morgan fingerprint density at radius 1 is 1.24 bits per heavy atom. The third-order valence-corrected chi connectivity index (χ3v) is 6.68. The molecule has 0 atom stereocenters. The minimum atomic E-state index is 0.0219. The van der Waals surface area contributed by atoms with E-state index in [0.717, 1.165) is 40.7 Å². The van der Waals surface area contributed by atoms with Gasteiger partial charge < -0.3 is 5.11 Å². The van der Waals surface area contributed by atoms with Crippen molar-refractivity contribution in [2.24, 2.45) is 0 Å². The second kappa shape index (κ2) is 6.94. The highest BCUT2D eigenvalue weighted by atomic mass is 32.2. The first-order valence-electron chi connectivity index (χ1n) is 8.57. The zero-order valence-electron chi connectivity index (χ0n) is 14.1. The number of benzene rings is 1. The molecule has 4 nitrogen and oxygen atoms in total. The smallest absolute Gasteiger partial charge is 0.267 e. The van der Waals surface area contributed by atoms with Gasteiger partial charge in [0.15, 0.2) is 5.16 Å². The number of hydrogen-bond donors (Lipinski definition) is 1. The van der Waals surface area contributed by atoms with Gasteiger partial charge in [-0.05, 0) is 50.3 Å². The summed E-state index contributed by atoms with van der Waals surface area (Å²) in [5, 5.41) is 10.7. The molecule has 1 N–H and O–H groups in total. The van der Waals surface area contributed by atoms with Crippen LogP contribution in [0.2, 0.25) is 0 Å². The zero-order chi connectivity index (χ0) is 17.4. The Hall–Kier alpha value is -1.63. The Bertz CT molecular complexity index is 974. The molecule has 130 valence electrons. The Labute approximate surface area is 154 Å². The topological polar surface area (TPSA) is 55.1 Å². The summed E-state index contributed by atoms with van der Waals surface area (Å²) in [6, 6.07) is 7.95. The number of aliphatic hydroxyl groups excluding tert-OH is 1. The van der Waals surface area contributed by atoms with E-state index in [9.17, 15) is 9.90 Å². The molecule has 25 heavy (non-hydrogen) atoms. The second-order valence-corrected chi connectivity index (χ2v) is 8.48. The first-order chi connectivity index (χ1) is 12.2. The SMILES string of the molecule is Cc1ccc(-n2c(SCCO)nc3sc4c(c3c2=O)CCCC4)cc1. The fourth-order valence-corrected chi connectivity index (χ4v) is 5.40. The van der Waals surface area contributed by atoms with Crippen molar-refractivity contribution in [2.75, 3.05) is 12.4 Å². The van der Waals surface area contributed by atoms with Crippen LogP contribution in [-0.4, -0.2) is 27.0 Å². The maximum atomic E-state index is 13.4. The molecular formula is C19H20N2O2S2. The fraction of sp³-hybridized carbons (Fsp3) is 0.368. The van der Waals surface area contributed by atoms with Gasteiger partial charge in [0.2, 0.25) is 0 Å². The lowest BCUT2D eigenvalue weighted by molar-refractivity contribution is 0.322. The van der Waals surface area contributed by atoms with Crippen LogP contribution in [0.25, 0.3) is 15.9 Å². The van der Waals surface area contributed by atoms with E-state index in [4.69, 9.17) is 4.98 Å². The molecule has 1 aromatic carbocycles. The molecule has 4 rings (SSSR count). The molecule has 0 saturated carbocycles. The molecule has 2 heterocycles. The van der Waals surface area contributed by atoms with Crippen LogP contribution >= 0.6 is 23.1 Å². The van der Waals surface area contributed by atoms with Crippen molar-refractivity contribution in [1.29, 1.82) is 0 Å². The lowest BCUT2D eigenvalue weighted by Crippen LogP contribution is -2.22. The predicted octanol–water partition coefficient (Wildman–Crippen LogP) is 3.72. The average molecular weight is 373 g/mol. The molecule has 1 aliphatic carbocycles. The van der Waals surface area contributed by atoms with Gasteiger partial charge in [0, 0.05) is 10.6 Å². The van der Waals surface area contributed by atoms with Gasteiger partial charge in [-0.1, -0.05) is 29.5 Å². The fourth-order valence-electron chi connectivity index (χ4n) is 3.34. The molecule has 0 radical (unpaired) electrons. The molecule has 1 aliphatic rings.